The van der Waals surface area contributed by atoms with Crippen molar-refractivity contribution in [2.45, 2.75) is 12.8 Å². The second kappa shape index (κ2) is 7.22. The molecule has 26 heavy (non-hydrogen) atoms. The first-order valence-corrected chi connectivity index (χ1v) is 8.02. The number of benzene rings is 2. The van der Waals surface area contributed by atoms with Gasteiger partial charge in [-0.2, -0.15) is 0 Å². The van der Waals surface area contributed by atoms with E-state index in [0.29, 0.717) is 11.4 Å². The van der Waals surface area contributed by atoms with Gasteiger partial charge in [0.05, 0.1) is 17.6 Å². The number of hydrogen-bond donors (Lipinski definition) is 2. The lowest BCUT2D eigenvalue weighted by molar-refractivity contribution is -0.384. The minimum Gasteiger partial charge on any atom is -0.496 e. The Labute approximate surface area is 149 Å². The molecular formula is C18H17N3O5. The van der Waals surface area contributed by atoms with Crippen molar-refractivity contribution in [3.8, 4) is 5.75 Å². The number of ether oxygens (including phenoxy) is 1. The van der Waals surface area contributed by atoms with Crippen LogP contribution in [-0.4, -0.2) is 23.8 Å². The molecule has 0 radical (unpaired) electrons. The van der Waals surface area contributed by atoms with Crippen molar-refractivity contribution < 1.29 is 19.2 Å². The number of nitrogens with zero attached hydrogens (tertiary/aromatic N) is 1. The van der Waals surface area contributed by atoms with Crippen LogP contribution in [0, 0.1) is 16.0 Å². The molecule has 1 saturated carbocycles. The van der Waals surface area contributed by atoms with Gasteiger partial charge in [0.25, 0.3) is 11.6 Å². The molecule has 0 spiro atoms. The highest BCUT2D eigenvalue weighted by atomic mass is 16.6. The summed E-state index contributed by atoms with van der Waals surface area (Å²) in [4.78, 5) is 34.5. The van der Waals surface area contributed by atoms with E-state index < -0.39 is 10.8 Å². The van der Waals surface area contributed by atoms with Gasteiger partial charge in [-0.25, -0.2) is 0 Å². The normalized spacial score (nSPS) is 13.0. The Morgan fingerprint density at radius 3 is 2.23 bits per heavy atom. The molecule has 3 rings (SSSR count). The van der Waals surface area contributed by atoms with Crippen molar-refractivity contribution in [2.24, 2.45) is 5.92 Å². The molecule has 134 valence electrons. The fourth-order valence-corrected chi connectivity index (χ4v) is 2.41. The van der Waals surface area contributed by atoms with Gasteiger partial charge in [-0.15, -0.1) is 0 Å². The highest BCUT2D eigenvalue weighted by Gasteiger charge is 2.29. The Morgan fingerprint density at radius 2 is 1.69 bits per heavy atom. The molecule has 2 amide bonds. The topological polar surface area (TPSA) is 111 Å². The molecule has 0 unspecified atom stereocenters. The van der Waals surface area contributed by atoms with Crippen LogP contribution in [0.25, 0.3) is 0 Å². The summed E-state index contributed by atoms with van der Waals surface area (Å²) in [5.41, 5.74) is 1.00. The molecule has 1 aliphatic rings. The minimum atomic E-state index is -0.576. The van der Waals surface area contributed by atoms with Crippen LogP contribution in [0.2, 0.25) is 0 Å². The van der Waals surface area contributed by atoms with Crippen LogP contribution >= 0.6 is 0 Å². The Balaban J connectivity index is 1.72. The van der Waals surface area contributed by atoms with Crippen molar-refractivity contribution in [1.29, 1.82) is 0 Å². The van der Waals surface area contributed by atoms with Crippen molar-refractivity contribution >= 4 is 28.9 Å². The summed E-state index contributed by atoms with van der Waals surface area (Å²) in [6, 6.07) is 10.5. The fraction of sp³-hybridized carbons (Fsp3) is 0.222. The van der Waals surface area contributed by atoms with E-state index in [1.54, 1.807) is 24.3 Å². The maximum Gasteiger partial charge on any atom is 0.270 e. The zero-order valence-corrected chi connectivity index (χ0v) is 14.0. The Kier molecular flexibility index (Phi) is 4.83. The van der Waals surface area contributed by atoms with Gasteiger partial charge in [-0.3, -0.25) is 19.7 Å². The summed E-state index contributed by atoms with van der Waals surface area (Å²) in [6.07, 6.45) is 1.84. The third-order valence-corrected chi connectivity index (χ3v) is 4.00. The summed E-state index contributed by atoms with van der Waals surface area (Å²) in [5.74, 6) is -0.180. The number of methoxy groups -OCH3 is 1. The summed E-state index contributed by atoms with van der Waals surface area (Å²) < 4.78 is 5.10. The van der Waals surface area contributed by atoms with Gasteiger partial charge < -0.3 is 15.4 Å². The summed E-state index contributed by atoms with van der Waals surface area (Å²) in [6.45, 7) is 0. The third-order valence-electron chi connectivity index (χ3n) is 4.00. The van der Waals surface area contributed by atoms with Crippen LogP contribution < -0.4 is 15.4 Å². The minimum absolute atomic E-state index is 0.00289. The fourth-order valence-electron chi connectivity index (χ4n) is 2.41. The van der Waals surface area contributed by atoms with E-state index in [4.69, 9.17) is 4.74 Å². The van der Waals surface area contributed by atoms with Gasteiger partial charge in [0.1, 0.15) is 5.75 Å². The van der Waals surface area contributed by atoms with Crippen LogP contribution in [0.5, 0.6) is 5.75 Å². The lowest BCUT2D eigenvalue weighted by atomic mass is 10.1. The molecule has 2 N–H and O–H groups in total. The highest BCUT2D eigenvalue weighted by molar-refractivity contribution is 6.06. The molecule has 0 saturated heterocycles. The molecule has 2 aromatic carbocycles. The van der Waals surface area contributed by atoms with Crippen LogP contribution in [0.3, 0.4) is 0 Å². The first kappa shape index (κ1) is 17.4. The molecule has 0 aromatic heterocycles. The van der Waals surface area contributed by atoms with Gasteiger partial charge in [-0.1, -0.05) is 0 Å². The molecule has 1 aliphatic carbocycles. The Bertz CT molecular complexity index is 860. The maximum atomic E-state index is 12.4. The second-order valence-corrected chi connectivity index (χ2v) is 5.94. The molecule has 1 fully saturated rings. The molecule has 0 atom stereocenters. The lowest BCUT2D eigenvalue weighted by Crippen LogP contribution is -2.14. The molecule has 0 heterocycles. The Morgan fingerprint density at radius 1 is 1.08 bits per heavy atom. The molecule has 0 aliphatic heterocycles. The SMILES string of the molecule is COc1ccc([N+](=O)[O-])cc1C(=O)Nc1ccc(NC(=O)C2CC2)cc1. The van der Waals surface area contributed by atoms with Gasteiger partial charge in [0.15, 0.2) is 0 Å². The van der Waals surface area contributed by atoms with E-state index in [0.717, 1.165) is 12.8 Å². The van der Waals surface area contributed by atoms with E-state index >= 15 is 0 Å². The smallest absolute Gasteiger partial charge is 0.270 e. The average molecular weight is 355 g/mol. The summed E-state index contributed by atoms with van der Waals surface area (Å²) in [7, 11) is 1.38. The van der Waals surface area contributed by atoms with E-state index in [1.807, 2.05) is 0 Å². The van der Waals surface area contributed by atoms with E-state index in [-0.39, 0.29) is 28.8 Å². The molecule has 0 bridgehead atoms. The monoisotopic (exact) mass is 355 g/mol. The molecule has 2 aromatic rings. The third kappa shape index (κ3) is 3.97. The average Bonchev–Trinajstić information content (AvgIpc) is 3.48. The van der Waals surface area contributed by atoms with Gasteiger partial charge >= 0.3 is 0 Å². The number of nitrogens with one attached hydrogen (secondary N) is 2. The van der Waals surface area contributed by atoms with Gasteiger partial charge in [-0.05, 0) is 43.2 Å². The van der Waals surface area contributed by atoms with Crippen LogP contribution in [0.15, 0.2) is 42.5 Å². The highest BCUT2D eigenvalue weighted by Crippen LogP contribution is 2.30. The predicted molar refractivity (Wildman–Crippen MR) is 95.4 cm³/mol. The molecule has 8 heteroatoms. The number of nitro benzene ring substituents is 1. The van der Waals surface area contributed by atoms with Gasteiger partial charge in [0.2, 0.25) is 5.91 Å². The second-order valence-electron chi connectivity index (χ2n) is 5.94. The van der Waals surface area contributed by atoms with Crippen LogP contribution in [0.1, 0.15) is 23.2 Å². The maximum absolute atomic E-state index is 12.4. The largest absolute Gasteiger partial charge is 0.496 e. The zero-order valence-electron chi connectivity index (χ0n) is 14.0. The first-order chi connectivity index (χ1) is 12.5. The van der Waals surface area contributed by atoms with Crippen molar-refractivity contribution in [2.75, 3.05) is 17.7 Å². The van der Waals surface area contributed by atoms with Crippen molar-refractivity contribution in [1.82, 2.24) is 0 Å². The summed E-state index contributed by atoms with van der Waals surface area (Å²) >= 11 is 0. The number of amides is 2. The lowest BCUT2D eigenvalue weighted by Gasteiger charge is -2.10. The number of rotatable bonds is 6. The number of nitro groups is 1. The first-order valence-electron chi connectivity index (χ1n) is 8.02. The number of anilines is 2. The van der Waals surface area contributed by atoms with Crippen LogP contribution in [-0.2, 0) is 4.79 Å². The number of carbonyl (C=O) groups excluding carboxylic acids is 2. The van der Waals surface area contributed by atoms with E-state index in [9.17, 15) is 19.7 Å². The van der Waals surface area contributed by atoms with E-state index in [2.05, 4.69) is 10.6 Å². The van der Waals surface area contributed by atoms with Crippen molar-refractivity contribution in [3.05, 3.63) is 58.1 Å². The number of carbonyl (C=O) groups is 2. The van der Waals surface area contributed by atoms with E-state index in [1.165, 1.54) is 25.3 Å². The standard InChI is InChI=1S/C18H17N3O5/c1-26-16-9-8-14(21(24)25)10-15(16)18(23)20-13-6-4-12(5-7-13)19-17(22)11-2-3-11/h4-11H,2-3H2,1H3,(H,19,22)(H,20,23). The molecular weight excluding hydrogens is 338 g/mol. The Hall–Kier alpha value is -3.42. The zero-order chi connectivity index (χ0) is 18.7. The van der Waals surface area contributed by atoms with Crippen molar-refractivity contribution in [3.63, 3.8) is 0 Å². The van der Waals surface area contributed by atoms with Crippen LogP contribution in [0.4, 0.5) is 17.1 Å². The summed E-state index contributed by atoms with van der Waals surface area (Å²) in [5, 5.41) is 16.4. The number of non-ortho nitro benzene ring substituents is 1. The van der Waals surface area contributed by atoms with Gasteiger partial charge in [0, 0.05) is 29.4 Å². The number of hydrogen-bond acceptors (Lipinski definition) is 5. The predicted octanol–water partition coefficient (Wildman–Crippen LogP) is 3.20. The quantitative estimate of drug-likeness (QED) is 0.610. The molecule has 8 nitrogen and oxygen atoms in total.